The second-order valence-electron chi connectivity index (χ2n) is 3.59. The lowest BCUT2D eigenvalue weighted by Gasteiger charge is -2.29. The summed E-state index contributed by atoms with van der Waals surface area (Å²) in [6.45, 7) is 2.75. The van der Waals surface area contributed by atoms with E-state index in [1.54, 1.807) is 0 Å². The molecule has 0 aliphatic carbocycles. The molecule has 1 aliphatic heterocycles. The average Bonchev–Trinajstić information content (AvgIpc) is 2.23. The van der Waals surface area contributed by atoms with Crippen LogP contribution in [0, 0.1) is 5.92 Å². The molecule has 0 saturated carbocycles. The molecule has 1 N–H and O–H groups in total. The number of carbonyl (C=O) groups is 1. The first-order valence-corrected chi connectivity index (χ1v) is 4.77. The zero-order valence-electron chi connectivity index (χ0n) is 8.07. The highest BCUT2D eigenvalue weighted by Gasteiger charge is 2.27. The Kier molecular flexibility index (Phi) is 2.39. The molecule has 1 amide bonds. The van der Waals surface area contributed by atoms with E-state index in [4.69, 9.17) is 4.74 Å². The number of benzene rings is 1. The summed E-state index contributed by atoms with van der Waals surface area (Å²) in [5.74, 6) is 0.315. The molecule has 0 bridgehead atoms. The van der Waals surface area contributed by atoms with Crippen LogP contribution in [0.1, 0.15) is 18.6 Å². The Morgan fingerprint density at radius 3 is 2.79 bits per heavy atom. The first-order chi connectivity index (χ1) is 6.77. The maximum absolute atomic E-state index is 11.1. The Morgan fingerprint density at radius 2 is 2.07 bits per heavy atom. The van der Waals surface area contributed by atoms with Crippen LogP contribution in [-0.2, 0) is 4.74 Å². The first kappa shape index (κ1) is 9.06. The highest BCUT2D eigenvalue weighted by molar-refractivity contribution is 5.68. The molecule has 3 heteroatoms. The normalized spacial score (nSPS) is 26.5. The first-order valence-electron chi connectivity index (χ1n) is 4.77. The fourth-order valence-electron chi connectivity index (χ4n) is 1.66. The van der Waals surface area contributed by atoms with Gasteiger partial charge in [0.05, 0.1) is 0 Å². The van der Waals surface area contributed by atoms with E-state index in [0.29, 0.717) is 12.5 Å². The van der Waals surface area contributed by atoms with Crippen molar-refractivity contribution < 1.29 is 9.53 Å². The summed E-state index contributed by atoms with van der Waals surface area (Å²) in [5, 5.41) is 2.67. The van der Waals surface area contributed by atoms with Crippen LogP contribution in [0.4, 0.5) is 4.79 Å². The van der Waals surface area contributed by atoms with Crippen molar-refractivity contribution in [2.24, 2.45) is 5.92 Å². The van der Waals surface area contributed by atoms with Crippen LogP contribution in [0.5, 0.6) is 0 Å². The van der Waals surface area contributed by atoms with Gasteiger partial charge < -0.3 is 10.1 Å². The molecule has 1 aromatic carbocycles. The standard InChI is InChI=1S/C11H13NO2/c1-8-7-12-11(13)14-10(8)9-5-3-2-4-6-9/h2-6,8,10H,7H2,1H3,(H,12,13). The van der Waals surface area contributed by atoms with E-state index in [-0.39, 0.29) is 12.2 Å². The Balaban J connectivity index is 2.20. The average molecular weight is 191 g/mol. The number of hydrogen-bond acceptors (Lipinski definition) is 2. The van der Waals surface area contributed by atoms with Crippen molar-refractivity contribution in [2.45, 2.75) is 13.0 Å². The second kappa shape index (κ2) is 3.70. The molecule has 1 aromatic rings. The zero-order chi connectivity index (χ0) is 9.97. The number of nitrogens with one attached hydrogen (secondary N) is 1. The Labute approximate surface area is 83.1 Å². The van der Waals surface area contributed by atoms with Gasteiger partial charge in [-0.1, -0.05) is 37.3 Å². The lowest BCUT2D eigenvalue weighted by molar-refractivity contribution is 0.0420. The fourth-order valence-corrected chi connectivity index (χ4v) is 1.66. The van der Waals surface area contributed by atoms with Gasteiger partial charge in [0.2, 0.25) is 0 Å². The van der Waals surface area contributed by atoms with Gasteiger partial charge in [0.1, 0.15) is 6.10 Å². The number of alkyl carbamates (subject to hydrolysis) is 1. The van der Waals surface area contributed by atoms with Crippen LogP contribution < -0.4 is 5.32 Å². The minimum atomic E-state index is -0.322. The van der Waals surface area contributed by atoms with Crippen LogP contribution in [0.3, 0.4) is 0 Å². The molecule has 2 rings (SSSR count). The van der Waals surface area contributed by atoms with E-state index in [2.05, 4.69) is 12.2 Å². The van der Waals surface area contributed by atoms with Crippen molar-refractivity contribution in [3.63, 3.8) is 0 Å². The van der Waals surface area contributed by atoms with Gasteiger partial charge in [0.25, 0.3) is 0 Å². The minimum absolute atomic E-state index is 0.107. The molecule has 3 nitrogen and oxygen atoms in total. The number of rotatable bonds is 1. The number of carbonyl (C=O) groups excluding carboxylic acids is 1. The van der Waals surface area contributed by atoms with Gasteiger partial charge in [-0.25, -0.2) is 4.79 Å². The van der Waals surface area contributed by atoms with Gasteiger partial charge in [-0.2, -0.15) is 0 Å². The predicted octanol–water partition coefficient (Wildman–Crippen LogP) is 2.10. The molecular weight excluding hydrogens is 178 g/mol. The van der Waals surface area contributed by atoms with Crippen molar-refractivity contribution in [1.82, 2.24) is 5.32 Å². The van der Waals surface area contributed by atoms with Gasteiger partial charge in [-0.3, -0.25) is 0 Å². The van der Waals surface area contributed by atoms with Gasteiger partial charge in [0, 0.05) is 12.5 Å². The van der Waals surface area contributed by atoms with Crippen molar-refractivity contribution in [2.75, 3.05) is 6.54 Å². The number of cyclic esters (lactones) is 1. The van der Waals surface area contributed by atoms with E-state index in [9.17, 15) is 4.79 Å². The zero-order valence-corrected chi connectivity index (χ0v) is 8.07. The van der Waals surface area contributed by atoms with E-state index in [1.165, 1.54) is 0 Å². The van der Waals surface area contributed by atoms with Crippen LogP contribution in [0.2, 0.25) is 0 Å². The number of amides is 1. The van der Waals surface area contributed by atoms with Gasteiger partial charge in [-0.15, -0.1) is 0 Å². The maximum Gasteiger partial charge on any atom is 0.407 e. The molecule has 74 valence electrons. The van der Waals surface area contributed by atoms with Crippen molar-refractivity contribution >= 4 is 6.09 Å². The monoisotopic (exact) mass is 191 g/mol. The SMILES string of the molecule is CC1CNC(=O)OC1c1ccccc1. The third-order valence-corrected chi connectivity index (χ3v) is 2.45. The lowest BCUT2D eigenvalue weighted by atomic mass is 9.96. The summed E-state index contributed by atoms with van der Waals surface area (Å²) in [6.07, 6.45) is -0.429. The molecule has 1 aliphatic rings. The Hall–Kier alpha value is -1.51. The van der Waals surface area contributed by atoms with Crippen LogP contribution in [0.25, 0.3) is 0 Å². The fraction of sp³-hybridized carbons (Fsp3) is 0.364. The molecule has 0 aromatic heterocycles. The van der Waals surface area contributed by atoms with Crippen molar-refractivity contribution in [3.05, 3.63) is 35.9 Å². The third kappa shape index (κ3) is 1.71. The summed E-state index contributed by atoms with van der Waals surface area (Å²) in [7, 11) is 0. The maximum atomic E-state index is 11.1. The van der Waals surface area contributed by atoms with Gasteiger partial charge >= 0.3 is 6.09 Å². The van der Waals surface area contributed by atoms with Gasteiger partial charge in [0.15, 0.2) is 0 Å². The van der Waals surface area contributed by atoms with E-state index >= 15 is 0 Å². The largest absolute Gasteiger partial charge is 0.441 e. The van der Waals surface area contributed by atoms with Crippen LogP contribution >= 0.6 is 0 Å². The predicted molar refractivity (Wildman–Crippen MR) is 52.8 cm³/mol. The summed E-state index contributed by atoms with van der Waals surface area (Å²) in [5.41, 5.74) is 1.06. The molecule has 14 heavy (non-hydrogen) atoms. The quantitative estimate of drug-likeness (QED) is 0.738. The molecule has 1 saturated heterocycles. The minimum Gasteiger partial charge on any atom is -0.441 e. The van der Waals surface area contributed by atoms with Gasteiger partial charge in [-0.05, 0) is 5.56 Å². The molecule has 0 radical (unpaired) electrons. The van der Waals surface area contributed by atoms with E-state index < -0.39 is 0 Å². The number of ether oxygens (including phenoxy) is 1. The Morgan fingerprint density at radius 1 is 1.36 bits per heavy atom. The highest BCUT2D eigenvalue weighted by atomic mass is 16.6. The molecule has 1 heterocycles. The van der Waals surface area contributed by atoms with Crippen LogP contribution in [0.15, 0.2) is 30.3 Å². The van der Waals surface area contributed by atoms with Crippen LogP contribution in [-0.4, -0.2) is 12.6 Å². The summed E-state index contributed by atoms with van der Waals surface area (Å²) >= 11 is 0. The lowest BCUT2D eigenvalue weighted by Crippen LogP contribution is -2.39. The molecule has 1 fully saturated rings. The summed E-state index contributed by atoms with van der Waals surface area (Å²) < 4.78 is 5.23. The van der Waals surface area contributed by atoms with E-state index in [0.717, 1.165) is 5.56 Å². The third-order valence-electron chi connectivity index (χ3n) is 2.45. The topological polar surface area (TPSA) is 38.3 Å². The highest BCUT2D eigenvalue weighted by Crippen LogP contribution is 2.27. The van der Waals surface area contributed by atoms with Crippen molar-refractivity contribution in [3.8, 4) is 0 Å². The molecule has 0 spiro atoms. The van der Waals surface area contributed by atoms with Crippen molar-refractivity contribution in [1.29, 1.82) is 0 Å². The molecular formula is C11H13NO2. The molecule has 2 unspecified atom stereocenters. The summed E-state index contributed by atoms with van der Waals surface area (Å²) in [6, 6.07) is 9.84. The number of hydrogen-bond donors (Lipinski definition) is 1. The Bertz CT molecular complexity index is 323. The second-order valence-corrected chi connectivity index (χ2v) is 3.59. The van der Waals surface area contributed by atoms with E-state index in [1.807, 2.05) is 30.3 Å². The summed E-state index contributed by atoms with van der Waals surface area (Å²) in [4.78, 5) is 11.1. The smallest absolute Gasteiger partial charge is 0.407 e. The molecule has 2 atom stereocenters.